The van der Waals surface area contributed by atoms with Gasteiger partial charge in [-0.05, 0) is 37.7 Å². The van der Waals surface area contributed by atoms with Gasteiger partial charge < -0.3 is 19.0 Å². The number of imidazole rings is 1. The van der Waals surface area contributed by atoms with Crippen molar-refractivity contribution in [1.29, 1.82) is 0 Å². The third-order valence-electron chi connectivity index (χ3n) is 2.86. The molecule has 0 saturated heterocycles. The fourth-order valence-corrected chi connectivity index (χ4v) is 2.25. The van der Waals surface area contributed by atoms with Crippen LogP contribution in [0.4, 0.5) is 0 Å². The van der Waals surface area contributed by atoms with E-state index in [0.717, 1.165) is 47.7 Å². The average molecular weight is 266 g/mol. The molecule has 18 heavy (non-hydrogen) atoms. The van der Waals surface area contributed by atoms with E-state index < -0.39 is 0 Å². The predicted octanol–water partition coefficient (Wildman–Crippen LogP) is 3.13. The van der Waals surface area contributed by atoms with Crippen LogP contribution in [0.2, 0.25) is 0 Å². The van der Waals surface area contributed by atoms with Gasteiger partial charge in [0.1, 0.15) is 5.75 Å². The molecule has 1 N–H and O–H groups in total. The van der Waals surface area contributed by atoms with E-state index >= 15 is 0 Å². The Balaban J connectivity index is 2.24. The first-order valence-electron chi connectivity index (χ1n) is 6.10. The van der Waals surface area contributed by atoms with Crippen LogP contribution < -0.4 is 4.74 Å². The molecule has 0 radical (unpaired) electrons. The third-order valence-corrected chi connectivity index (χ3v) is 3.18. The third kappa shape index (κ3) is 2.73. The number of rotatable bonds is 6. The monoisotopic (exact) mass is 266 g/mol. The van der Waals surface area contributed by atoms with Gasteiger partial charge >= 0.3 is 0 Å². The molecule has 0 amide bonds. The Bertz CT molecular complexity index is 574. The second-order valence-corrected chi connectivity index (χ2v) is 4.40. The number of aromatic nitrogens is 2. The maximum Gasteiger partial charge on any atom is 0.178 e. The van der Waals surface area contributed by atoms with E-state index in [9.17, 15) is 0 Å². The number of ether oxygens (including phenoxy) is 2. The zero-order chi connectivity index (χ0) is 13.0. The Kier molecular flexibility index (Phi) is 4.38. The normalized spacial score (nSPS) is 11.0. The summed E-state index contributed by atoms with van der Waals surface area (Å²) < 4.78 is 13.4. The van der Waals surface area contributed by atoms with Crippen LogP contribution in [-0.2, 0) is 11.3 Å². The number of fused-ring (bicyclic) bond motifs is 1. The van der Waals surface area contributed by atoms with Crippen LogP contribution in [0.25, 0.3) is 11.0 Å². The second-order valence-electron chi connectivity index (χ2n) is 4.02. The molecule has 2 aromatic rings. The number of hydrogen-bond donors (Lipinski definition) is 1. The molecule has 0 fully saturated rings. The summed E-state index contributed by atoms with van der Waals surface area (Å²) in [6.07, 6.45) is 0.951. The lowest BCUT2D eigenvalue weighted by molar-refractivity contribution is 0.142. The number of hydrogen-bond acceptors (Lipinski definition) is 3. The highest BCUT2D eigenvalue weighted by molar-refractivity contribution is 7.71. The maximum absolute atomic E-state index is 5.35. The minimum absolute atomic E-state index is 0.745. The summed E-state index contributed by atoms with van der Waals surface area (Å²) in [6.45, 7) is 4.37. The molecule has 0 saturated carbocycles. The SMILES string of the molecule is CCOCCCn1c(=S)[nH]c2ccc(OC)cc21. The number of H-pyrrole nitrogens is 1. The Morgan fingerprint density at radius 1 is 1.39 bits per heavy atom. The van der Waals surface area contributed by atoms with E-state index in [1.807, 2.05) is 25.1 Å². The molecule has 0 aliphatic carbocycles. The van der Waals surface area contributed by atoms with Crippen LogP contribution in [0.15, 0.2) is 18.2 Å². The fraction of sp³-hybridized carbons (Fsp3) is 0.462. The number of aryl methyl sites for hydroxylation is 1. The zero-order valence-corrected chi connectivity index (χ0v) is 11.5. The molecule has 0 atom stereocenters. The van der Waals surface area contributed by atoms with Gasteiger partial charge in [0.05, 0.1) is 18.1 Å². The minimum Gasteiger partial charge on any atom is -0.497 e. The second kappa shape index (κ2) is 6.02. The van der Waals surface area contributed by atoms with Gasteiger partial charge in [-0.2, -0.15) is 0 Å². The summed E-state index contributed by atoms with van der Waals surface area (Å²) in [5, 5.41) is 0. The van der Waals surface area contributed by atoms with Crippen molar-refractivity contribution in [3.05, 3.63) is 23.0 Å². The first kappa shape index (κ1) is 13.1. The van der Waals surface area contributed by atoms with Crippen molar-refractivity contribution in [2.24, 2.45) is 0 Å². The van der Waals surface area contributed by atoms with Gasteiger partial charge in [0.25, 0.3) is 0 Å². The number of benzene rings is 1. The molecule has 0 spiro atoms. The van der Waals surface area contributed by atoms with Crippen LogP contribution in [0.5, 0.6) is 5.75 Å². The molecule has 1 aromatic heterocycles. The van der Waals surface area contributed by atoms with E-state index in [-0.39, 0.29) is 0 Å². The molecule has 0 bridgehead atoms. The maximum atomic E-state index is 5.35. The molecular weight excluding hydrogens is 248 g/mol. The highest BCUT2D eigenvalue weighted by atomic mass is 32.1. The van der Waals surface area contributed by atoms with Gasteiger partial charge in [-0.25, -0.2) is 0 Å². The summed E-state index contributed by atoms with van der Waals surface area (Å²) in [5.74, 6) is 0.843. The van der Waals surface area contributed by atoms with Crippen molar-refractivity contribution in [2.75, 3.05) is 20.3 Å². The van der Waals surface area contributed by atoms with E-state index in [4.69, 9.17) is 21.7 Å². The largest absolute Gasteiger partial charge is 0.497 e. The number of aromatic amines is 1. The minimum atomic E-state index is 0.745. The molecular formula is C13H18N2O2S. The topological polar surface area (TPSA) is 39.2 Å². The van der Waals surface area contributed by atoms with Crippen molar-refractivity contribution in [3.63, 3.8) is 0 Å². The standard InChI is InChI=1S/C13H18N2O2S/c1-3-17-8-4-7-15-12-9-10(16-2)5-6-11(12)14-13(15)18/h5-6,9H,3-4,7-8H2,1-2H3,(H,14,18). The summed E-state index contributed by atoms with van der Waals surface area (Å²) in [7, 11) is 1.67. The van der Waals surface area contributed by atoms with Gasteiger partial charge in [-0.3, -0.25) is 0 Å². The van der Waals surface area contributed by atoms with Gasteiger partial charge in [-0.1, -0.05) is 0 Å². The average Bonchev–Trinajstić information content (AvgIpc) is 2.70. The van der Waals surface area contributed by atoms with Gasteiger partial charge in [-0.15, -0.1) is 0 Å². The Morgan fingerprint density at radius 3 is 2.94 bits per heavy atom. The van der Waals surface area contributed by atoms with Crippen LogP contribution in [-0.4, -0.2) is 29.9 Å². The Labute approximate surface area is 112 Å². The van der Waals surface area contributed by atoms with Crippen LogP contribution >= 0.6 is 12.2 Å². The molecule has 1 aromatic carbocycles. The van der Waals surface area contributed by atoms with Crippen LogP contribution in [0, 0.1) is 4.77 Å². The molecule has 1 heterocycles. The smallest absolute Gasteiger partial charge is 0.178 e. The predicted molar refractivity (Wildman–Crippen MR) is 74.8 cm³/mol. The number of methoxy groups -OCH3 is 1. The lowest BCUT2D eigenvalue weighted by Gasteiger charge is -2.06. The van der Waals surface area contributed by atoms with Crippen molar-refractivity contribution in [1.82, 2.24) is 9.55 Å². The van der Waals surface area contributed by atoms with Crippen LogP contribution in [0.1, 0.15) is 13.3 Å². The van der Waals surface area contributed by atoms with E-state index in [1.165, 1.54) is 0 Å². The van der Waals surface area contributed by atoms with Crippen molar-refractivity contribution in [2.45, 2.75) is 19.9 Å². The van der Waals surface area contributed by atoms with E-state index in [0.29, 0.717) is 0 Å². The molecule has 98 valence electrons. The van der Waals surface area contributed by atoms with Gasteiger partial charge in [0.2, 0.25) is 0 Å². The highest BCUT2D eigenvalue weighted by Crippen LogP contribution is 2.20. The van der Waals surface area contributed by atoms with Crippen molar-refractivity contribution < 1.29 is 9.47 Å². The van der Waals surface area contributed by atoms with Crippen LogP contribution in [0.3, 0.4) is 0 Å². The quantitative estimate of drug-likeness (QED) is 0.645. The van der Waals surface area contributed by atoms with E-state index in [2.05, 4.69) is 9.55 Å². The number of nitrogens with one attached hydrogen (secondary N) is 1. The zero-order valence-electron chi connectivity index (χ0n) is 10.7. The lowest BCUT2D eigenvalue weighted by Crippen LogP contribution is -2.02. The Hall–Kier alpha value is -1.33. The highest BCUT2D eigenvalue weighted by Gasteiger charge is 2.05. The summed E-state index contributed by atoms with van der Waals surface area (Å²) in [4.78, 5) is 3.20. The molecule has 0 unspecified atom stereocenters. The number of nitrogens with zero attached hydrogens (tertiary/aromatic N) is 1. The summed E-state index contributed by atoms with van der Waals surface area (Å²) in [6, 6.07) is 5.92. The lowest BCUT2D eigenvalue weighted by atomic mass is 10.3. The summed E-state index contributed by atoms with van der Waals surface area (Å²) in [5.41, 5.74) is 2.12. The first-order chi connectivity index (χ1) is 8.76. The molecule has 4 nitrogen and oxygen atoms in total. The molecule has 0 aliphatic heterocycles. The summed E-state index contributed by atoms with van der Waals surface area (Å²) >= 11 is 5.34. The molecule has 2 rings (SSSR count). The Morgan fingerprint density at radius 2 is 2.22 bits per heavy atom. The van der Waals surface area contributed by atoms with E-state index in [1.54, 1.807) is 7.11 Å². The molecule has 5 heteroatoms. The van der Waals surface area contributed by atoms with Crippen molar-refractivity contribution >= 4 is 23.3 Å². The van der Waals surface area contributed by atoms with Crippen molar-refractivity contribution in [3.8, 4) is 5.75 Å². The van der Waals surface area contributed by atoms with Gasteiger partial charge in [0, 0.05) is 25.8 Å². The first-order valence-corrected chi connectivity index (χ1v) is 6.51. The molecule has 0 aliphatic rings. The van der Waals surface area contributed by atoms with Gasteiger partial charge in [0.15, 0.2) is 4.77 Å². The fourth-order valence-electron chi connectivity index (χ4n) is 1.95.